The van der Waals surface area contributed by atoms with Gasteiger partial charge in [0.15, 0.2) is 0 Å². The van der Waals surface area contributed by atoms with Crippen molar-refractivity contribution in [1.29, 1.82) is 0 Å². The monoisotopic (exact) mass is 310 g/mol. The van der Waals surface area contributed by atoms with Crippen LogP contribution in [0.2, 0.25) is 0 Å². The topological polar surface area (TPSA) is 42.0 Å². The number of hydrogen-bond donors (Lipinski definition) is 1. The molecule has 1 heterocycles. The number of pyridine rings is 1. The van der Waals surface area contributed by atoms with E-state index in [0.29, 0.717) is 16.3 Å². The summed E-state index contributed by atoms with van der Waals surface area (Å²) in [4.78, 5) is 16.2. The van der Waals surface area contributed by atoms with E-state index in [9.17, 15) is 4.79 Å². The second-order valence-electron chi connectivity index (χ2n) is 4.94. The quantitative estimate of drug-likeness (QED) is 0.868. The summed E-state index contributed by atoms with van der Waals surface area (Å²) < 4.78 is 0.699. The number of nitrogens with one attached hydrogen (secondary N) is 1. The van der Waals surface area contributed by atoms with Crippen LogP contribution in [-0.4, -0.2) is 16.9 Å². The average Bonchev–Trinajstić information content (AvgIpc) is 2.39. The Morgan fingerprint density at radius 3 is 2.72 bits per heavy atom. The highest BCUT2D eigenvalue weighted by Crippen LogP contribution is 2.26. The summed E-state index contributed by atoms with van der Waals surface area (Å²) in [5, 5.41) is 3.08. The second kappa shape index (κ2) is 6.32. The Hall–Kier alpha value is -0.900. The van der Waals surface area contributed by atoms with Crippen molar-refractivity contribution in [3.8, 4) is 0 Å². The summed E-state index contributed by atoms with van der Waals surface area (Å²) in [6, 6.07) is 5.72. The van der Waals surface area contributed by atoms with Crippen molar-refractivity contribution < 1.29 is 4.79 Å². The zero-order chi connectivity index (χ0) is 13.0. The largest absolute Gasteiger partial charge is 0.348 e. The van der Waals surface area contributed by atoms with Crippen molar-refractivity contribution in [3.05, 3.63) is 28.5 Å². The molecule has 3 nitrogen and oxygen atoms in total. The summed E-state index contributed by atoms with van der Waals surface area (Å²) in [5.41, 5.74) is 0.488. The van der Waals surface area contributed by atoms with Crippen LogP contribution < -0.4 is 5.32 Å². The van der Waals surface area contributed by atoms with Gasteiger partial charge < -0.3 is 5.32 Å². The fourth-order valence-corrected chi connectivity index (χ4v) is 2.85. The molecule has 1 fully saturated rings. The van der Waals surface area contributed by atoms with Gasteiger partial charge in [0.05, 0.1) is 0 Å². The van der Waals surface area contributed by atoms with Crippen LogP contribution in [0.3, 0.4) is 0 Å². The van der Waals surface area contributed by atoms with Crippen molar-refractivity contribution >= 4 is 21.8 Å². The lowest BCUT2D eigenvalue weighted by molar-refractivity contribution is 0.0916. The maximum absolute atomic E-state index is 12.0. The second-order valence-corrected chi connectivity index (χ2v) is 5.76. The molecule has 0 atom stereocenters. The van der Waals surface area contributed by atoms with E-state index in [-0.39, 0.29) is 5.91 Å². The van der Waals surface area contributed by atoms with Gasteiger partial charge in [-0.05, 0) is 59.7 Å². The van der Waals surface area contributed by atoms with E-state index < -0.39 is 0 Å². The van der Waals surface area contributed by atoms with E-state index >= 15 is 0 Å². The number of aromatic nitrogens is 1. The molecule has 1 aromatic heterocycles. The van der Waals surface area contributed by atoms with Crippen LogP contribution in [0, 0.1) is 5.92 Å². The minimum Gasteiger partial charge on any atom is -0.348 e. The maximum Gasteiger partial charge on any atom is 0.270 e. The molecule has 0 radical (unpaired) electrons. The molecule has 0 saturated heterocycles. The van der Waals surface area contributed by atoms with Gasteiger partial charge in [-0.2, -0.15) is 0 Å². The highest BCUT2D eigenvalue weighted by Gasteiger charge is 2.22. The number of carbonyl (C=O) groups excluding carboxylic acids is 1. The molecule has 2 rings (SSSR count). The zero-order valence-electron chi connectivity index (χ0n) is 10.7. The Bertz CT molecular complexity index is 414. The molecule has 1 aromatic rings. The Labute approximate surface area is 117 Å². The molecule has 98 valence electrons. The van der Waals surface area contributed by atoms with E-state index in [1.54, 1.807) is 6.07 Å². The third-order valence-electron chi connectivity index (χ3n) is 3.71. The number of amides is 1. The summed E-state index contributed by atoms with van der Waals surface area (Å²) in [5.74, 6) is 0.790. The van der Waals surface area contributed by atoms with Crippen LogP contribution in [0.15, 0.2) is 22.8 Å². The third kappa shape index (κ3) is 3.55. The normalized spacial score (nSPS) is 23.7. The van der Waals surface area contributed by atoms with Crippen LogP contribution in [0.5, 0.6) is 0 Å². The Balaban J connectivity index is 1.89. The summed E-state index contributed by atoms with van der Waals surface area (Å²) in [6.45, 7) is 2.25. The third-order valence-corrected chi connectivity index (χ3v) is 4.15. The van der Waals surface area contributed by atoms with Crippen molar-refractivity contribution in [2.45, 2.75) is 45.1 Å². The molecule has 0 aromatic carbocycles. The summed E-state index contributed by atoms with van der Waals surface area (Å²) in [6.07, 6.45) is 5.91. The number of hydrogen-bond acceptors (Lipinski definition) is 2. The molecule has 18 heavy (non-hydrogen) atoms. The van der Waals surface area contributed by atoms with Gasteiger partial charge >= 0.3 is 0 Å². The van der Waals surface area contributed by atoms with Gasteiger partial charge in [0.1, 0.15) is 10.3 Å². The first-order valence-corrected chi connectivity index (χ1v) is 7.41. The van der Waals surface area contributed by atoms with Crippen LogP contribution in [-0.2, 0) is 0 Å². The summed E-state index contributed by atoms with van der Waals surface area (Å²) in [7, 11) is 0. The highest BCUT2D eigenvalue weighted by molar-refractivity contribution is 9.10. The molecule has 1 N–H and O–H groups in total. The van der Waals surface area contributed by atoms with E-state index in [2.05, 4.69) is 33.2 Å². The fourth-order valence-electron chi connectivity index (χ4n) is 2.51. The first kappa shape index (κ1) is 13.5. The van der Waals surface area contributed by atoms with Crippen molar-refractivity contribution in [2.75, 3.05) is 0 Å². The molecule has 1 aliphatic rings. The number of nitrogens with zero attached hydrogens (tertiary/aromatic N) is 1. The molecule has 0 aliphatic heterocycles. The smallest absolute Gasteiger partial charge is 0.270 e. The summed E-state index contributed by atoms with van der Waals surface area (Å²) >= 11 is 3.28. The first-order valence-electron chi connectivity index (χ1n) is 6.62. The standard InChI is InChI=1S/C14H19BrN2O/c1-2-10-6-8-11(9-7-10)16-14(18)12-4-3-5-13(15)17-12/h3-5,10-11H,2,6-9H2,1H3,(H,16,18). The Morgan fingerprint density at radius 1 is 1.39 bits per heavy atom. The van der Waals surface area contributed by atoms with Gasteiger partial charge in [-0.1, -0.05) is 19.4 Å². The lowest BCUT2D eigenvalue weighted by atomic mass is 9.84. The predicted octanol–water partition coefficient (Wildman–Crippen LogP) is 3.54. The minimum absolute atomic E-state index is 0.0590. The fraction of sp³-hybridized carbons (Fsp3) is 0.571. The number of rotatable bonds is 3. The SMILES string of the molecule is CCC1CCC(NC(=O)c2cccc(Br)n2)CC1. The Morgan fingerprint density at radius 2 is 2.11 bits per heavy atom. The van der Waals surface area contributed by atoms with Gasteiger partial charge in [-0.3, -0.25) is 4.79 Å². The van der Waals surface area contributed by atoms with Crippen LogP contribution in [0.4, 0.5) is 0 Å². The number of carbonyl (C=O) groups is 1. The molecular weight excluding hydrogens is 292 g/mol. The maximum atomic E-state index is 12.0. The van der Waals surface area contributed by atoms with Gasteiger partial charge in [-0.25, -0.2) is 4.98 Å². The van der Waals surface area contributed by atoms with Crippen LogP contribution >= 0.6 is 15.9 Å². The zero-order valence-corrected chi connectivity index (χ0v) is 12.2. The van der Waals surface area contributed by atoms with Gasteiger partial charge in [0.2, 0.25) is 0 Å². The minimum atomic E-state index is -0.0590. The highest BCUT2D eigenvalue weighted by atomic mass is 79.9. The molecule has 1 saturated carbocycles. The predicted molar refractivity (Wildman–Crippen MR) is 75.4 cm³/mol. The molecule has 0 unspecified atom stereocenters. The molecule has 0 spiro atoms. The van der Waals surface area contributed by atoms with E-state index in [1.165, 1.54) is 19.3 Å². The van der Waals surface area contributed by atoms with E-state index in [4.69, 9.17) is 0 Å². The van der Waals surface area contributed by atoms with Crippen molar-refractivity contribution in [2.24, 2.45) is 5.92 Å². The van der Waals surface area contributed by atoms with E-state index in [0.717, 1.165) is 18.8 Å². The Kier molecular flexibility index (Phi) is 4.75. The lowest BCUT2D eigenvalue weighted by Crippen LogP contribution is -2.37. The van der Waals surface area contributed by atoms with Crippen molar-refractivity contribution in [3.63, 3.8) is 0 Å². The molecule has 4 heteroatoms. The van der Waals surface area contributed by atoms with Crippen LogP contribution in [0.1, 0.15) is 49.5 Å². The van der Waals surface area contributed by atoms with Crippen molar-refractivity contribution in [1.82, 2.24) is 10.3 Å². The first-order chi connectivity index (χ1) is 8.69. The van der Waals surface area contributed by atoms with Gasteiger partial charge in [-0.15, -0.1) is 0 Å². The molecule has 1 aliphatic carbocycles. The number of halogens is 1. The van der Waals surface area contributed by atoms with E-state index in [1.807, 2.05) is 12.1 Å². The molecule has 1 amide bonds. The van der Waals surface area contributed by atoms with Gasteiger partial charge in [0, 0.05) is 6.04 Å². The molecular formula is C14H19BrN2O. The average molecular weight is 311 g/mol. The van der Waals surface area contributed by atoms with Gasteiger partial charge in [0.25, 0.3) is 5.91 Å². The molecule has 0 bridgehead atoms. The lowest BCUT2D eigenvalue weighted by Gasteiger charge is -2.28. The van der Waals surface area contributed by atoms with Crippen LogP contribution in [0.25, 0.3) is 0 Å².